The molecule has 21 heavy (non-hydrogen) atoms. The molecule has 116 valence electrons. The first kappa shape index (κ1) is 16.2. The molecule has 0 radical (unpaired) electrons. The Labute approximate surface area is 130 Å². The second kappa shape index (κ2) is 7.70. The number of thioether (sulfide) groups is 1. The summed E-state index contributed by atoms with van der Waals surface area (Å²) in [6.07, 6.45) is 0.655. The number of rotatable bonds is 5. The minimum absolute atomic E-state index is 0.0250. The van der Waals surface area contributed by atoms with Crippen molar-refractivity contribution in [2.45, 2.75) is 17.4 Å². The van der Waals surface area contributed by atoms with Crippen molar-refractivity contribution in [3.8, 4) is 0 Å². The molecule has 1 aliphatic rings. The second-order valence-corrected chi connectivity index (χ2v) is 8.30. The first-order chi connectivity index (χ1) is 10.1. The lowest BCUT2D eigenvalue weighted by atomic mass is 10.3. The lowest BCUT2D eigenvalue weighted by molar-refractivity contribution is 0.599. The molecule has 0 aliphatic carbocycles. The van der Waals surface area contributed by atoms with E-state index in [1.54, 1.807) is 18.8 Å². The number of guanidine groups is 1. The highest BCUT2D eigenvalue weighted by molar-refractivity contribution is 7.99. The fraction of sp³-hybridized carbons (Fsp3) is 0.500. The number of nitrogens with zero attached hydrogens (tertiary/aromatic N) is 1. The normalized spacial score (nSPS) is 21.2. The Balaban J connectivity index is 1.69. The molecule has 2 rings (SSSR count). The SMILES string of the molecule is CN=C(NCCSc1ccccc1)NC1CCS(=O)(=O)C1. The first-order valence-electron chi connectivity index (χ1n) is 6.94. The van der Waals surface area contributed by atoms with Gasteiger partial charge in [-0.25, -0.2) is 8.42 Å². The van der Waals surface area contributed by atoms with Crippen LogP contribution in [0, 0.1) is 0 Å². The maximum absolute atomic E-state index is 11.4. The predicted octanol–water partition coefficient (Wildman–Crippen LogP) is 1.13. The van der Waals surface area contributed by atoms with E-state index in [0.717, 1.165) is 12.3 Å². The van der Waals surface area contributed by atoms with Crippen molar-refractivity contribution < 1.29 is 8.42 Å². The van der Waals surface area contributed by atoms with Crippen molar-refractivity contribution in [2.24, 2.45) is 4.99 Å². The third-order valence-electron chi connectivity index (χ3n) is 3.20. The van der Waals surface area contributed by atoms with Gasteiger partial charge in [-0.2, -0.15) is 0 Å². The van der Waals surface area contributed by atoms with Gasteiger partial charge in [0.15, 0.2) is 15.8 Å². The standard InChI is InChI=1S/C14H21N3O2S2/c1-15-14(17-12-7-10-21(18,19)11-12)16-8-9-20-13-5-3-2-4-6-13/h2-6,12H,7-11H2,1H3,(H2,15,16,17). The molecule has 0 bridgehead atoms. The molecule has 1 atom stereocenters. The Morgan fingerprint density at radius 2 is 2.14 bits per heavy atom. The molecule has 1 aromatic carbocycles. The van der Waals surface area contributed by atoms with Crippen LogP contribution in [0.15, 0.2) is 40.2 Å². The summed E-state index contributed by atoms with van der Waals surface area (Å²) in [6, 6.07) is 10.2. The highest BCUT2D eigenvalue weighted by atomic mass is 32.2. The van der Waals surface area contributed by atoms with Gasteiger partial charge < -0.3 is 10.6 Å². The number of hydrogen-bond donors (Lipinski definition) is 2. The second-order valence-electron chi connectivity index (χ2n) is 4.90. The average Bonchev–Trinajstić information content (AvgIpc) is 2.82. The molecule has 1 aliphatic heterocycles. The van der Waals surface area contributed by atoms with E-state index >= 15 is 0 Å². The first-order valence-corrected chi connectivity index (χ1v) is 9.75. The van der Waals surface area contributed by atoms with Crippen molar-refractivity contribution >= 4 is 27.6 Å². The van der Waals surface area contributed by atoms with E-state index in [-0.39, 0.29) is 17.5 Å². The van der Waals surface area contributed by atoms with E-state index in [0.29, 0.717) is 12.4 Å². The van der Waals surface area contributed by atoms with E-state index in [1.165, 1.54) is 4.90 Å². The molecule has 0 amide bonds. The number of aliphatic imine (C=N–C) groups is 1. The maximum atomic E-state index is 11.4. The zero-order valence-corrected chi connectivity index (χ0v) is 13.7. The van der Waals surface area contributed by atoms with Crippen molar-refractivity contribution in [3.63, 3.8) is 0 Å². The Bertz CT molecular complexity index is 573. The smallest absolute Gasteiger partial charge is 0.191 e. The van der Waals surface area contributed by atoms with Crippen LogP contribution in [0.4, 0.5) is 0 Å². The fourth-order valence-electron chi connectivity index (χ4n) is 2.15. The van der Waals surface area contributed by atoms with Gasteiger partial charge in [-0.15, -0.1) is 11.8 Å². The van der Waals surface area contributed by atoms with Gasteiger partial charge in [-0.05, 0) is 18.6 Å². The summed E-state index contributed by atoms with van der Waals surface area (Å²) < 4.78 is 22.8. The Hall–Kier alpha value is -1.21. The largest absolute Gasteiger partial charge is 0.356 e. The van der Waals surface area contributed by atoms with Crippen LogP contribution in [0.25, 0.3) is 0 Å². The summed E-state index contributed by atoms with van der Waals surface area (Å²) >= 11 is 1.77. The van der Waals surface area contributed by atoms with Crippen molar-refractivity contribution in [1.29, 1.82) is 0 Å². The van der Waals surface area contributed by atoms with Gasteiger partial charge in [0, 0.05) is 30.3 Å². The summed E-state index contributed by atoms with van der Waals surface area (Å²) in [4.78, 5) is 5.37. The maximum Gasteiger partial charge on any atom is 0.191 e. The van der Waals surface area contributed by atoms with E-state index in [9.17, 15) is 8.42 Å². The zero-order valence-electron chi connectivity index (χ0n) is 12.1. The molecule has 5 nitrogen and oxygen atoms in total. The van der Waals surface area contributed by atoms with Gasteiger partial charge in [0.2, 0.25) is 0 Å². The summed E-state index contributed by atoms with van der Waals surface area (Å²) in [5.74, 6) is 2.07. The van der Waals surface area contributed by atoms with Crippen LogP contribution < -0.4 is 10.6 Å². The lowest BCUT2D eigenvalue weighted by Gasteiger charge is -2.15. The quantitative estimate of drug-likeness (QED) is 0.367. The fourth-order valence-corrected chi connectivity index (χ4v) is 4.61. The average molecular weight is 327 g/mol. The van der Waals surface area contributed by atoms with Crippen LogP contribution in [0.5, 0.6) is 0 Å². The molecule has 1 unspecified atom stereocenters. The molecule has 2 N–H and O–H groups in total. The van der Waals surface area contributed by atoms with E-state index < -0.39 is 9.84 Å². The van der Waals surface area contributed by atoms with Gasteiger partial charge in [0.05, 0.1) is 11.5 Å². The van der Waals surface area contributed by atoms with Crippen LogP contribution in [0.1, 0.15) is 6.42 Å². The van der Waals surface area contributed by atoms with E-state index in [2.05, 4.69) is 27.8 Å². The third kappa shape index (κ3) is 5.59. The number of nitrogens with one attached hydrogen (secondary N) is 2. The predicted molar refractivity (Wildman–Crippen MR) is 88.7 cm³/mol. The van der Waals surface area contributed by atoms with E-state index in [4.69, 9.17) is 0 Å². The Morgan fingerprint density at radius 1 is 1.38 bits per heavy atom. The topological polar surface area (TPSA) is 70.6 Å². The van der Waals surface area contributed by atoms with Crippen LogP contribution in [-0.4, -0.2) is 51.3 Å². The third-order valence-corrected chi connectivity index (χ3v) is 5.99. The minimum Gasteiger partial charge on any atom is -0.356 e. The molecule has 0 spiro atoms. The summed E-state index contributed by atoms with van der Waals surface area (Å²) in [5.41, 5.74) is 0. The minimum atomic E-state index is -2.86. The van der Waals surface area contributed by atoms with Crippen molar-refractivity contribution in [1.82, 2.24) is 10.6 Å². The van der Waals surface area contributed by atoms with Gasteiger partial charge in [0.1, 0.15) is 0 Å². The highest BCUT2D eigenvalue weighted by Gasteiger charge is 2.28. The molecular weight excluding hydrogens is 306 g/mol. The van der Waals surface area contributed by atoms with Gasteiger partial charge in [-0.3, -0.25) is 4.99 Å². The molecule has 1 saturated heterocycles. The van der Waals surface area contributed by atoms with Crippen molar-refractivity contribution in [2.75, 3.05) is 30.9 Å². The molecular formula is C14H21N3O2S2. The zero-order chi connectivity index (χ0) is 15.1. The van der Waals surface area contributed by atoms with Crippen LogP contribution >= 0.6 is 11.8 Å². The molecule has 0 saturated carbocycles. The van der Waals surface area contributed by atoms with Crippen LogP contribution in [-0.2, 0) is 9.84 Å². The lowest BCUT2D eigenvalue weighted by Crippen LogP contribution is -2.44. The van der Waals surface area contributed by atoms with Gasteiger partial charge in [0.25, 0.3) is 0 Å². The molecule has 1 heterocycles. The monoisotopic (exact) mass is 327 g/mol. The van der Waals surface area contributed by atoms with Crippen molar-refractivity contribution in [3.05, 3.63) is 30.3 Å². The number of hydrogen-bond acceptors (Lipinski definition) is 4. The number of sulfone groups is 1. The van der Waals surface area contributed by atoms with Crippen LogP contribution in [0.2, 0.25) is 0 Å². The molecule has 7 heteroatoms. The molecule has 0 aromatic heterocycles. The summed E-state index contributed by atoms with van der Waals surface area (Å²) in [6.45, 7) is 0.776. The molecule has 1 fully saturated rings. The highest BCUT2D eigenvalue weighted by Crippen LogP contribution is 2.15. The summed E-state index contributed by atoms with van der Waals surface area (Å²) in [7, 11) is -1.16. The van der Waals surface area contributed by atoms with Crippen LogP contribution in [0.3, 0.4) is 0 Å². The Morgan fingerprint density at radius 3 is 2.76 bits per heavy atom. The van der Waals surface area contributed by atoms with Gasteiger partial charge in [-0.1, -0.05) is 18.2 Å². The molecule has 1 aromatic rings. The van der Waals surface area contributed by atoms with Gasteiger partial charge >= 0.3 is 0 Å². The summed E-state index contributed by atoms with van der Waals surface area (Å²) in [5, 5.41) is 6.39. The Kier molecular flexibility index (Phi) is 5.93. The van der Waals surface area contributed by atoms with E-state index in [1.807, 2.05) is 18.2 Å². The number of benzene rings is 1.